The van der Waals surface area contributed by atoms with Crippen molar-refractivity contribution in [3.05, 3.63) is 0 Å². The second kappa shape index (κ2) is 4.01. The van der Waals surface area contributed by atoms with Gasteiger partial charge in [-0.25, -0.2) is 12.7 Å². The zero-order chi connectivity index (χ0) is 10.9. The van der Waals surface area contributed by atoms with Crippen molar-refractivity contribution >= 4 is 10.0 Å². The molecule has 0 aromatic carbocycles. The molecule has 88 valence electrons. The monoisotopic (exact) mass is 235 g/mol. The second-order valence-electron chi connectivity index (χ2n) is 4.12. The van der Waals surface area contributed by atoms with Crippen molar-refractivity contribution in [3.8, 4) is 0 Å². The molecule has 0 amide bonds. The number of piperidine rings is 1. The predicted octanol–water partition coefficient (Wildman–Crippen LogP) is 0.175. The predicted molar refractivity (Wildman–Crippen MR) is 54.9 cm³/mol. The van der Waals surface area contributed by atoms with E-state index in [1.54, 1.807) is 0 Å². The summed E-state index contributed by atoms with van der Waals surface area (Å²) in [6.07, 6.45) is 3.45. The zero-order valence-electron chi connectivity index (χ0n) is 8.94. The molecule has 0 aliphatic carbocycles. The Kier molecular flexibility index (Phi) is 3.03. The molecule has 6 heteroatoms. The summed E-state index contributed by atoms with van der Waals surface area (Å²) in [5.74, 6) is -0.501. The fourth-order valence-corrected chi connectivity index (χ4v) is 2.91. The number of ether oxygens (including phenoxy) is 2. The Morgan fingerprint density at radius 1 is 1.13 bits per heavy atom. The molecule has 0 radical (unpaired) electrons. The van der Waals surface area contributed by atoms with Crippen LogP contribution >= 0.6 is 0 Å². The van der Waals surface area contributed by atoms with Crippen LogP contribution in [-0.4, -0.2) is 51.1 Å². The summed E-state index contributed by atoms with van der Waals surface area (Å²) < 4.78 is 35.3. The van der Waals surface area contributed by atoms with Crippen LogP contribution in [0.4, 0.5) is 0 Å². The molecular formula is C9H17NO4S. The lowest BCUT2D eigenvalue weighted by molar-refractivity contribution is -0.280. The van der Waals surface area contributed by atoms with Gasteiger partial charge in [-0.05, 0) is 6.42 Å². The summed E-state index contributed by atoms with van der Waals surface area (Å²) >= 11 is 0. The van der Waals surface area contributed by atoms with Gasteiger partial charge >= 0.3 is 0 Å². The molecule has 0 aromatic heterocycles. The molecule has 2 rings (SSSR count). The lowest BCUT2D eigenvalue weighted by atomic mass is 10.0. The minimum atomic E-state index is -3.06. The lowest BCUT2D eigenvalue weighted by Crippen LogP contribution is -2.51. The van der Waals surface area contributed by atoms with Gasteiger partial charge in [-0.3, -0.25) is 0 Å². The van der Waals surface area contributed by atoms with E-state index in [9.17, 15) is 8.42 Å². The summed E-state index contributed by atoms with van der Waals surface area (Å²) in [5.41, 5.74) is 0. The molecule has 0 saturated carbocycles. The topological polar surface area (TPSA) is 55.8 Å². The smallest absolute Gasteiger partial charge is 0.211 e. The summed E-state index contributed by atoms with van der Waals surface area (Å²) in [4.78, 5) is 0. The van der Waals surface area contributed by atoms with Gasteiger partial charge in [-0.2, -0.15) is 0 Å². The van der Waals surface area contributed by atoms with Gasteiger partial charge in [0, 0.05) is 25.9 Å². The van der Waals surface area contributed by atoms with Crippen LogP contribution < -0.4 is 0 Å². The van der Waals surface area contributed by atoms with Crippen LogP contribution in [0.3, 0.4) is 0 Å². The number of hydrogen-bond donors (Lipinski definition) is 0. The Balaban J connectivity index is 1.96. The van der Waals surface area contributed by atoms with Crippen molar-refractivity contribution in [2.75, 3.05) is 32.6 Å². The van der Waals surface area contributed by atoms with Crippen LogP contribution in [0, 0.1) is 0 Å². The Bertz CT molecular complexity index is 311. The van der Waals surface area contributed by atoms with E-state index in [-0.39, 0.29) is 0 Å². The SMILES string of the molecule is CS(=O)(=O)N1CCC2(CC1)OCCCO2. The maximum Gasteiger partial charge on any atom is 0.211 e. The fraction of sp³-hybridized carbons (Fsp3) is 1.00. The lowest BCUT2D eigenvalue weighted by Gasteiger charge is -2.42. The average Bonchev–Trinajstić information content (AvgIpc) is 2.18. The van der Waals surface area contributed by atoms with E-state index >= 15 is 0 Å². The first-order valence-corrected chi connectivity index (χ1v) is 7.10. The van der Waals surface area contributed by atoms with E-state index in [0.29, 0.717) is 25.9 Å². The Morgan fingerprint density at radius 3 is 2.13 bits per heavy atom. The van der Waals surface area contributed by atoms with Gasteiger partial charge in [0.15, 0.2) is 5.79 Å². The van der Waals surface area contributed by atoms with E-state index in [2.05, 4.69) is 0 Å². The molecule has 2 fully saturated rings. The highest BCUT2D eigenvalue weighted by atomic mass is 32.2. The van der Waals surface area contributed by atoms with Crippen LogP contribution in [0.15, 0.2) is 0 Å². The largest absolute Gasteiger partial charge is 0.350 e. The average molecular weight is 235 g/mol. The first-order valence-electron chi connectivity index (χ1n) is 5.25. The minimum Gasteiger partial charge on any atom is -0.350 e. The molecule has 0 unspecified atom stereocenters. The number of nitrogens with zero attached hydrogens (tertiary/aromatic N) is 1. The van der Waals surface area contributed by atoms with Gasteiger partial charge in [0.25, 0.3) is 0 Å². The van der Waals surface area contributed by atoms with E-state index in [1.165, 1.54) is 10.6 Å². The van der Waals surface area contributed by atoms with Gasteiger partial charge < -0.3 is 9.47 Å². The van der Waals surface area contributed by atoms with Gasteiger partial charge in [-0.15, -0.1) is 0 Å². The Morgan fingerprint density at radius 2 is 1.67 bits per heavy atom. The molecule has 2 aliphatic rings. The zero-order valence-corrected chi connectivity index (χ0v) is 9.75. The van der Waals surface area contributed by atoms with E-state index < -0.39 is 15.8 Å². The first-order chi connectivity index (χ1) is 7.02. The highest BCUT2D eigenvalue weighted by Crippen LogP contribution is 2.31. The highest BCUT2D eigenvalue weighted by molar-refractivity contribution is 7.88. The van der Waals surface area contributed by atoms with E-state index in [4.69, 9.17) is 9.47 Å². The number of sulfonamides is 1. The molecule has 5 nitrogen and oxygen atoms in total. The van der Waals surface area contributed by atoms with Gasteiger partial charge in [0.2, 0.25) is 10.0 Å². The molecule has 2 saturated heterocycles. The van der Waals surface area contributed by atoms with Crippen LogP contribution in [0.2, 0.25) is 0 Å². The van der Waals surface area contributed by atoms with Crippen molar-refractivity contribution in [1.29, 1.82) is 0 Å². The third kappa shape index (κ3) is 2.50. The van der Waals surface area contributed by atoms with Gasteiger partial charge in [0.05, 0.1) is 19.5 Å². The third-order valence-electron chi connectivity index (χ3n) is 2.97. The molecule has 15 heavy (non-hydrogen) atoms. The molecule has 0 aromatic rings. The van der Waals surface area contributed by atoms with Crippen molar-refractivity contribution < 1.29 is 17.9 Å². The summed E-state index contributed by atoms with van der Waals surface area (Å²) in [6, 6.07) is 0. The Labute approximate surface area is 90.4 Å². The molecule has 0 N–H and O–H groups in total. The first kappa shape index (κ1) is 11.3. The van der Waals surface area contributed by atoms with Gasteiger partial charge in [0.1, 0.15) is 0 Å². The summed E-state index contributed by atoms with van der Waals surface area (Å²) in [6.45, 7) is 2.44. The highest BCUT2D eigenvalue weighted by Gasteiger charge is 2.40. The van der Waals surface area contributed by atoms with Crippen LogP contribution in [-0.2, 0) is 19.5 Å². The molecule has 0 atom stereocenters. The van der Waals surface area contributed by atoms with Gasteiger partial charge in [-0.1, -0.05) is 0 Å². The third-order valence-corrected chi connectivity index (χ3v) is 4.28. The number of hydrogen-bond acceptors (Lipinski definition) is 4. The van der Waals surface area contributed by atoms with Crippen molar-refractivity contribution in [3.63, 3.8) is 0 Å². The molecule has 1 spiro atoms. The summed E-state index contributed by atoms with van der Waals surface area (Å²) in [5, 5.41) is 0. The normalized spacial score (nSPS) is 28.1. The molecular weight excluding hydrogens is 218 g/mol. The van der Waals surface area contributed by atoms with Crippen LogP contribution in [0.25, 0.3) is 0 Å². The van der Waals surface area contributed by atoms with Crippen molar-refractivity contribution in [2.45, 2.75) is 25.0 Å². The van der Waals surface area contributed by atoms with Crippen molar-refractivity contribution in [2.24, 2.45) is 0 Å². The molecule has 2 heterocycles. The van der Waals surface area contributed by atoms with Crippen molar-refractivity contribution in [1.82, 2.24) is 4.31 Å². The van der Waals surface area contributed by atoms with Crippen LogP contribution in [0.1, 0.15) is 19.3 Å². The van der Waals surface area contributed by atoms with E-state index in [0.717, 1.165) is 19.6 Å². The quantitative estimate of drug-likeness (QED) is 0.650. The standard InChI is InChI=1S/C9H17NO4S/c1-15(11,12)10-5-3-9(4-6-10)13-7-2-8-14-9/h2-8H2,1H3. The molecule has 0 bridgehead atoms. The van der Waals surface area contributed by atoms with E-state index in [1.807, 2.05) is 0 Å². The minimum absolute atomic E-state index is 0.499. The molecule has 2 aliphatic heterocycles. The summed E-state index contributed by atoms with van der Waals surface area (Å²) in [7, 11) is -3.06. The maximum atomic E-state index is 11.3. The van der Waals surface area contributed by atoms with Crippen LogP contribution in [0.5, 0.6) is 0 Å². The maximum absolute atomic E-state index is 11.3. The fourth-order valence-electron chi connectivity index (χ4n) is 2.06. The Hall–Kier alpha value is -0.170. The second-order valence-corrected chi connectivity index (χ2v) is 6.11. The number of rotatable bonds is 1.